The molecule has 8 aromatic carbocycles. The van der Waals surface area contributed by atoms with Crippen molar-refractivity contribution >= 4 is 132 Å². The number of hydrogen-bond donors (Lipinski definition) is 0. The lowest BCUT2D eigenvalue weighted by Gasteiger charge is -2.07. The second-order valence-electron chi connectivity index (χ2n) is 30.2. The normalized spacial score (nSPS) is 14.3. The predicted octanol–water partition coefficient (Wildman–Crippen LogP) is 23.4. The Labute approximate surface area is 672 Å². The van der Waals surface area contributed by atoms with Crippen LogP contribution in [0.1, 0.15) is 110 Å². The van der Waals surface area contributed by atoms with Gasteiger partial charge < -0.3 is 17.7 Å². The Balaban J connectivity index is 0.000000119. The fourth-order valence-corrected chi connectivity index (χ4v) is 15.8. The van der Waals surface area contributed by atoms with Crippen LogP contribution in [0.2, 0.25) is 0 Å². The van der Waals surface area contributed by atoms with E-state index >= 15 is 0 Å². The molecule has 0 N–H and O–H groups in total. The Morgan fingerprint density at radius 3 is 1.04 bits per heavy atom. The van der Waals surface area contributed by atoms with Gasteiger partial charge in [-0.1, -0.05) is 103 Å². The molecule has 12 heteroatoms. The molecule has 0 bridgehead atoms. The first-order valence-corrected chi connectivity index (χ1v) is 37.3. The van der Waals surface area contributed by atoms with Crippen molar-refractivity contribution < 1.29 is 56.5 Å². The van der Waals surface area contributed by atoms with Gasteiger partial charge in [0.25, 0.3) is 0 Å². The van der Waals surface area contributed by atoms with Gasteiger partial charge in [-0.25, -0.2) is 38.2 Å². The van der Waals surface area contributed by atoms with E-state index < -0.39 is 34.3 Å². The lowest BCUT2D eigenvalue weighted by molar-refractivity contribution is -0.660. The minimum absolute atomic E-state index is 0.253. The zero-order chi connectivity index (χ0) is 90.8. The van der Waals surface area contributed by atoms with Crippen molar-refractivity contribution in [3.05, 3.63) is 284 Å². The van der Waals surface area contributed by atoms with Crippen LogP contribution in [0.25, 0.3) is 177 Å². The molecule has 0 saturated heterocycles. The van der Waals surface area contributed by atoms with Crippen molar-refractivity contribution in [2.45, 2.75) is 110 Å². The average molecular weight is 1480 g/mol. The molecule has 20 aromatic rings. The number of aromatic nitrogens is 8. The second-order valence-corrected chi connectivity index (χ2v) is 30.2. The van der Waals surface area contributed by atoms with E-state index in [1.807, 2.05) is 145 Å². The van der Waals surface area contributed by atoms with Gasteiger partial charge in [-0.3, -0.25) is 0 Å². The standard InChI is InChI=1S/4C25H23N2O/c1-14-6-9-21-18(10-14)12-20-19-8-7-15(2)23(24(19)28-25(20)26-21)22-11-16(3)17(4)13-27(22)5;1-14-6-8-18-12-20-19-9-7-15(2)23(22-11-16(3)17(4)13-27(22)5)24(19)28-25(20)26-21(18)10-14;1-14-9-10-19-20-12-18-8-6-7-15(2)23(18)26-25(20)28-24(19)22(14)21-11-16(3)17(4)13-27(21)5;1-14-7-6-8-21-19(14)12-20-18-10-9-15(2)23(24(18)28-25(20)26-21)22-11-16(3)17(4)13-27(22)5/h4*6-13H,1-5H3/q4*+1/i3*4D3;1D3,4D3. The molecule has 552 valence electrons. The lowest BCUT2D eigenvalue weighted by Crippen LogP contribution is -2.31. The summed E-state index contributed by atoms with van der Waals surface area (Å²) in [4.78, 5) is 19.0. The summed E-state index contributed by atoms with van der Waals surface area (Å²) in [6.45, 7) is 10.7. The third kappa shape index (κ3) is 12.4. The molecule has 0 fully saturated rings. The molecule has 12 nitrogen and oxygen atoms in total. The van der Waals surface area contributed by atoms with E-state index in [1.54, 1.807) is 54.5 Å². The molecule has 12 heterocycles. The minimum Gasteiger partial charge on any atom is -0.437 e. The molecule has 0 aliphatic carbocycles. The number of furan rings is 4. The van der Waals surface area contributed by atoms with Crippen molar-refractivity contribution in [1.82, 2.24) is 19.9 Å². The number of benzene rings is 8. The topological polar surface area (TPSA) is 120 Å². The van der Waals surface area contributed by atoms with Gasteiger partial charge in [0.1, 0.15) is 28.2 Å². The quantitative estimate of drug-likeness (QED) is 0.160. The smallest absolute Gasteiger partial charge is 0.227 e. The Hall–Kier alpha value is -12.8. The van der Waals surface area contributed by atoms with Crippen LogP contribution in [0.15, 0.2) is 212 Å². The van der Waals surface area contributed by atoms with Crippen LogP contribution in [-0.2, 0) is 28.2 Å². The van der Waals surface area contributed by atoms with Crippen molar-refractivity contribution in [2.75, 3.05) is 0 Å². The van der Waals surface area contributed by atoms with Crippen molar-refractivity contribution in [3.63, 3.8) is 0 Å². The third-order valence-electron chi connectivity index (χ3n) is 22.1. The van der Waals surface area contributed by atoms with E-state index in [2.05, 4.69) is 123 Å². The molecule has 112 heavy (non-hydrogen) atoms. The number of nitrogens with zero attached hydrogens (tertiary/aromatic N) is 8. The molecule has 0 atom stereocenters. The maximum atomic E-state index is 7.91. The van der Waals surface area contributed by atoms with E-state index in [-0.39, 0.29) is 5.56 Å². The summed E-state index contributed by atoms with van der Waals surface area (Å²) in [6.07, 6.45) is 6.75. The first kappa shape index (κ1) is 56.4. The summed E-state index contributed by atoms with van der Waals surface area (Å²) >= 11 is 0. The first-order chi connectivity index (χ1) is 59.8. The molecule has 12 aromatic heterocycles. The Kier molecular flexibility index (Phi) is 13.9. The van der Waals surface area contributed by atoms with Crippen molar-refractivity contribution in [1.29, 1.82) is 0 Å². The number of pyridine rings is 8. The molecule has 20 rings (SSSR count). The third-order valence-corrected chi connectivity index (χ3v) is 22.1. The van der Waals surface area contributed by atoms with Crippen LogP contribution < -0.4 is 18.3 Å². The highest BCUT2D eigenvalue weighted by Gasteiger charge is 2.28. The average Bonchev–Trinajstić information content (AvgIpc) is 1.61. The van der Waals surface area contributed by atoms with Gasteiger partial charge in [0.2, 0.25) is 45.6 Å². The van der Waals surface area contributed by atoms with E-state index in [1.165, 1.54) is 5.56 Å². The first-order valence-electron chi connectivity index (χ1n) is 44.8. The largest absolute Gasteiger partial charge is 0.437 e. The number of hydrogen-bond acceptors (Lipinski definition) is 8. The number of fused-ring (bicyclic) bond motifs is 16. The fraction of sp³-hybridized carbons (Fsp3) is 0.200. The number of rotatable bonds is 4. The maximum Gasteiger partial charge on any atom is 0.227 e. The fourth-order valence-electron chi connectivity index (χ4n) is 15.8. The minimum atomic E-state index is -2.26. The Bertz CT molecular complexity index is 7920. The van der Waals surface area contributed by atoms with Crippen LogP contribution in [-0.4, -0.2) is 19.9 Å². The Morgan fingerprint density at radius 2 is 0.607 bits per heavy atom. The molecule has 0 aliphatic rings. The summed E-state index contributed by atoms with van der Waals surface area (Å²) in [6, 6.07) is 56.0. The summed E-state index contributed by atoms with van der Waals surface area (Å²) in [5, 5.41) is 11.3. The number of para-hydroxylation sites is 1. The highest BCUT2D eigenvalue weighted by atomic mass is 16.4. The second kappa shape index (κ2) is 27.6. The molecule has 0 amide bonds. The summed E-state index contributed by atoms with van der Waals surface area (Å²) < 4.78 is 150. The van der Waals surface area contributed by atoms with Gasteiger partial charge in [0.15, 0.2) is 47.1 Å². The van der Waals surface area contributed by atoms with Gasteiger partial charge in [0, 0.05) is 132 Å². The van der Waals surface area contributed by atoms with Crippen molar-refractivity contribution in [2.24, 2.45) is 28.2 Å². The van der Waals surface area contributed by atoms with Gasteiger partial charge in [-0.2, -0.15) is 0 Å². The monoisotopic (exact) mass is 1480 g/mol. The van der Waals surface area contributed by atoms with Gasteiger partial charge in [0.05, 0.1) is 44.3 Å². The van der Waals surface area contributed by atoms with E-state index in [4.69, 9.17) is 53.2 Å². The van der Waals surface area contributed by atoms with Gasteiger partial charge in [-0.15, -0.1) is 0 Å². The van der Waals surface area contributed by atoms with E-state index in [0.717, 1.165) is 188 Å². The van der Waals surface area contributed by atoms with Gasteiger partial charge in [-0.05, 0) is 220 Å². The van der Waals surface area contributed by atoms with E-state index in [9.17, 15) is 0 Å². The lowest BCUT2D eigenvalue weighted by atomic mass is 9.99. The van der Waals surface area contributed by atoms with E-state index in [0.29, 0.717) is 67.2 Å². The molecule has 0 aliphatic heterocycles. The molecule has 0 spiro atoms. The van der Waals surface area contributed by atoms with Crippen LogP contribution >= 0.6 is 0 Å². The number of aryl methyl sites for hydroxylation is 20. The summed E-state index contributed by atoms with van der Waals surface area (Å²) in [7, 11) is 7.45. The molecular formula is C100H92N8O4+4. The molecule has 0 unspecified atom stereocenters. The molecule has 0 radical (unpaired) electrons. The van der Waals surface area contributed by atoms with Gasteiger partial charge >= 0.3 is 0 Å². The summed E-state index contributed by atoms with van der Waals surface area (Å²) in [5.74, 6) is 0. The zero-order valence-electron chi connectivity index (χ0n) is 80.2. The predicted molar refractivity (Wildman–Crippen MR) is 458 cm³/mol. The molecule has 0 saturated carbocycles. The van der Waals surface area contributed by atoms with Crippen LogP contribution in [0.5, 0.6) is 0 Å². The Morgan fingerprint density at radius 1 is 0.250 bits per heavy atom. The summed E-state index contributed by atoms with van der Waals surface area (Å²) in [5.41, 5.74) is 27.9. The van der Waals surface area contributed by atoms with Crippen LogP contribution in [0.4, 0.5) is 0 Å². The maximum absolute atomic E-state index is 7.91. The molecular weight excluding hydrogens is 1380 g/mol. The highest BCUT2D eigenvalue weighted by molar-refractivity contribution is 6.15. The zero-order valence-corrected chi connectivity index (χ0v) is 65.2. The van der Waals surface area contributed by atoms with Crippen LogP contribution in [0, 0.1) is 110 Å². The highest BCUT2D eigenvalue weighted by Crippen LogP contribution is 2.43. The van der Waals surface area contributed by atoms with Crippen molar-refractivity contribution in [3.8, 4) is 45.0 Å². The SMILES string of the molecule is [2H]C([2H])([2H])c1c[n+](C)c(-c2c(C)ccc3c2oc2nc4c(C)cccc4cc23)cc1C.[2H]C([2H])([2H])c1c[n+](C)c(-c2c(C)ccc3c2oc2nc4cc(C)ccc4cc23)cc1C.[2H]C([2H])([2H])c1c[n+](C)c(-c2c(C)ccc3c2oc2nc4ccc(C)cc4cc23)cc1C.[2H]C([2H])([2H])c1c[n+](C)c(-c2c(C)ccc3c2oc2nc4cccc(C([2H])([2H])[2H])c4cc23)cc1C. The van der Waals surface area contributed by atoms with Crippen LogP contribution in [0.3, 0.4) is 0 Å².